The van der Waals surface area contributed by atoms with E-state index < -0.39 is 45.0 Å². The molecule has 0 aliphatic heterocycles. The monoisotopic (exact) mass is 493 g/mol. The summed E-state index contributed by atoms with van der Waals surface area (Å²) in [5, 5.41) is 0. The van der Waals surface area contributed by atoms with E-state index in [2.05, 4.69) is 22.2 Å². The Bertz CT molecular complexity index is 630. The first kappa shape index (κ1) is 33.0. The Labute approximate surface area is 210 Å². The van der Waals surface area contributed by atoms with Crippen molar-refractivity contribution in [1.29, 1.82) is 0 Å². The summed E-state index contributed by atoms with van der Waals surface area (Å²) in [5.74, 6) is -2.71. The fourth-order valence-corrected chi connectivity index (χ4v) is 4.79. The Hall–Kier alpha value is -0.160. The summed E-state index contributed by atoms with van der Waals surface area (Å²) in [6, 6.07) is 0. The van der Waals surface area contributed by atoms with Crippen LogP contribution >= 0.6 is 0 Å². The molecule has 0 spiro atoms. The molecule has 0 aromatic rings. The molecule has 8 nitrogen and oxygen atoms in total. The number of rotatable bonds is 19. The van der Waals surface area contributed by atoms with Gasteiger partial charge < -0.3 is 8.37 Å². The van der Waals surface area contributed by atoms with Crippen LogP contribution in [0.1, 0.15) is 104 Å². The van der Waals surface area contributed by atoms with Crippen LogP contribution in [-0.2, 0) is 38.2 Å². The Morgan fingerprint density at radius 3 is 1.16 bits per heavy atom. The van der Waals surface area contributed by atoms with Crippen LogP contribution in [0.15, 0.2) is 0 Å². The molecule has 0 heterocycles. The van der Waals surface area contributed by atoms with Crippen LogP contribution in [0.5, 0.6) is 0 Å². The number of hydrogen-bond acceptors (Lipinski definition) is 8. The van der Waals surface area contributed by atoms with E-state index in [0.717, 1.165) is 64.2 Å². The van der Waals surface area contributed by atoms with E-state index in [1.807, 2.05) is 0 Å². The maximum Gasteiger partial charge on any atom is 0.322 e. The molecule has 0 aromatic carbocycles. The Morgan fingerprint density at radius 1 is 0.548 bits per heavy atom. The number of unbranched alkanes of at least 4 members (excludes halogenated alkanes) is 10. The second-order valence-electron chi connectivity index (χ2n) is 7.47. The molecule has 0 bridgehead atoms. The van der Waals surface area contributed by atoms with Crippen LogP contribution in [0, 0.1) is 0 Å². The van der Waals surface area contributed by atoms with Gasteiger partial charge >= 0.3 is 32.2 Å². The molecule has 0 aliphatic rings. The normalized spacial score (nSPS) is 11.5. The minimum Gasteiger partial charge on any atom is -0.346 e. The summed E-state index contributed by atoms with van der Waals surface area (Å²) in [6.45, 7) is 4.18. The summed E-state index contributed by atoms with van der Waals surface area (Å²) in [7, 11) is -8.00. The van der Waals surface area contributed by atoms with E-state index in [1.54, 1.807) is 0 Å². The zero-order chi connectivity index (χ0) is 22.9. The Morgan fingerprint density at radius 2 is 0.839 bits per heavy atom. The van der Waals surface area contributed by atoms with Crippen molar-refractivity contribution in [2.45, 2.75) is 104 Å². The third-order valence-electron chi connectivity index (χ3n) is 4.47. The minimum absolute atomic E-state index is 0. The van der Waals surface area contributed by atoms with Crippen LogP contribution in [-0.4, -0.2) is 69.8 Å². The quantitative estimate of drug-likeness (QED) is 0.151. The third-order valence-corrected chi connectivity index (χ3v) is 6.93. The van der Waals surface area contributed by atoms with Crippen LogP contribution in [0.2, 0.25) is 0 Å². The molecule has 0 aromatic heterocycles. The third kappa shape index (κ3) is 21.4. The van der Waals surface area contributed by atoms with Gasteiger partial charge in [-0.2, -0.15) is 16.8 Å². The first-order valence-electron chi connectivity index (χ1n) is 11.0. The SMILES string of the molecule is CCCCCCCCS(=O)(=O)OC(=O)CCC(=O)OS(=O)(=O)CCCCCCCC.[Na]. The molecule has 0 saturated heterocycles. The number of carbonyl (C=O) groups excluding carboxylic acids is 2. The van der Waals surface area contributed by atoms with Crippen molar-refractivity contribution >= 4 is 61.7 Å². The van der Waals surface area contributed by atoms with E-state index in [9.17, 15) is 26.4 Å². The fourth-order valence-electron chi connectivity index (χ4n) is 2.77. The van der Waals surface area contributed by atoms with Crippen molar-refractivity contribution in [2.24, 2.45) is 0 Å². The van der Waals surface area contributed by atoms with Gasteiger partial charge in [0.05, 0.1) is 24.3 Å². The summed E-state index contributed by atoms with van der Waals surface area (Å²) in [4.78, 5) is 23.3. The summed E-state index contributed by atoms with van der Waals surface area (Å²) in [5.41, 5.74) is 0. The molecule has 0 unspecified atom stereocenters. The molecule has 11 heteroatoms. The molecule has 0 rings (SSSR count). The first-order chi connectivity index (χ1) is 14.1. The molecular formula is C20H38NaO8S2. The van der Waals surface area contributed by atoms with Gasteiger partial charge in [-0.15, -0.1) is 0 Å². The topological polar surface area (TPSA) is 121 Å². The first-order valence-corrected chi connectivity index (χ1v) is 14.2. The molecule has 0 fully saturated rings. The van der Waals surface area contributed by atoms with E-state index in [1.165, 1.54) is 0 Å². The Kier molecular flexibility index (Phi) is 20.6. The second-order valence-corrected chi connectivity index (χ2v) is 10.9. The van der Waals surface area contributed by atoms with Crippen molar-refractivity contribution < 1.29 is 34.8 Å². The second kappa shape index (κ2) is 19.3. The van der Waals surface area contributed by atoms with Crippen LogP contribution in [0.3, 0.4) is 0 Å². The van der Waals surface area contributed by atoms with Crippen molar-refractivity contribution in [2.75, 3.05) is 11.5 Å². The molecule has 1 radical (unpaired) electrons. The van der Waals surface area contributed by atoms with Crippen LogP contribution in [0.25, 0.3) is 0 Å². The van der Waals surface area contributed by atoms with Crippen molar-refractivity contribution in [3.05, 3.63) is 0 Å². The standard InChI is InChI=1S/C20H38O8S2.Na/c1-3-5-7-9-11-13-17-29(23,24)27-19(21)15-16-20(22)28-30(25,26)18-14-12-10-8-6-4-2;/h3-18H2,1-2H3;. The molecule has 0 aliphatic carbocycles. The summed E-state index contributed by atoms with van der Waals surface area (Å²) in [6.07, 6.45) is 9.50. The average Bonchev–Trinajstić information content (AvgIpc) is 2.65. The summed E-state index contributed by atoms with van der Waals surface area (Å²) < 4.78 is 55.9. The van der Waals surface area contributed by atoms with Gasteiger partial charge in [0, 0.05) is 29.6 Å². The van der Waals surface area contributed by atoms with Crippen molar-refractivity contribution in [3.63, 3.8) is 0 Å². The minimum atomic E-state index is -4.00. The molecule has 0 N–H and O–H groups in total. The van der Waals surface area contributed by atoms with Gasteiger partial charge in [0.15, 0.2) is 0 Å². The van der Waals surface area contributed by atoms with Crippen molar-refractivity contribution in [3.8, 4) is 0 Å². The van der Waals surface area contributed by atoms with Gasteiger partial charge in [0.2, 0.25) is 0 Å². The van der Waals surface area contributed by atoms with Crippen LogP contribution in [0.4, 0.5) is 0 Å². The molecule has 179 valence electrons. The van der Waals surface area contributed by atoms with Gasteiger partial charge in [0.25, 0.3) is 0 Å². The van der Waals surface area contributed by atoms with Crippen LogP contribution < -0.4 is 0 Å². The maximum absolute atomic E-state index is 11.8. The molecule has 0 saturated carbocycles. The zero-order valence-corrected chi connectivity index (χ0v) is 23.0. The van der Waals surface area contributed by atoms with Gasteiger partial charge in [-0.3, -0.25) is 9.59 Å². The number of carbonyl (C=O) groups is 2. The van der Waals surface area contributed by atoms with Gasteiger partial charge in [-0.25, -0.2) is 0 Å². The predicted octanol–water partition coefficient (Wildman–Crippen LogP) is 3.85. The molecular weight excluding hydrogens is 455 g/mol. The Balaban J connectivity index is 0. The van der Waals surface area contributed by atoms with Gasteiger partial charge in [-0.05, 0) is 12.8 Å². The number of hydrogen-bond donors (Lipinski definition) is 0. The molecule has 31 heavy (non-hydrogen) atoms. The largest absolute Gasteiger partial charge is 0.346 e. The summed E-state index contributed by atoms with van der Waals surface area (Å²) >= 11 is 0. The van der Waals surface area contributed by atoms with Crippen molar-refractivity contribution in [1.82, 2.24) is 0 Å². The van der Waals surface area contributed by atoms with E-state index in [-0.39, 0.29) is 41.1 Å². The molecule has 0 amide bonds. The van der Waals surface area contributed by atoms with E-state index >= 15 is 0 Å². The predicted molar refractivity (Wildman–Crippen MR) is 121 cm³/mol. The molecule has 0 atom stereocenters. The average molecular weight is 494 g/mol. The zero-order valence-electron chi connectivity index (χ0n) is 19.4. The van der Waals surface area contributed by atoms with E-state index in [0.29, 0.717) is 12.8 Å². The maximum atomic E-state index is 11.8. The van der Waals surface area contributed by atoms with Gasteiger partial charge in [0.1, 0.15) is 0 Å². The van der Waals surface area contributed by atoms with Gasteiger partial charge in [-0.1, -0.05) is 78.1 Å². The fraction of sp³-hybridized carbons (Fsp3) is 0.900. The smallest absolute Gasteiger partial charge is 0.322 e. The van der Waals surface area contributed by atoms with E-state index in [4.69, 9.17) is 0 Å².